The number of carbonyl (C=O) groups excluding carboxylic acids is 1. The van der Waals surface area contributed by atoms with Crippen LogP contribution < -0.4 is 0 Å². The van der Waals surface area contributed by atoms with E-state index >= 15 is 0 Å². The van der Waals surface area contributed by atoms with Gasteiger partial charge in [-0.25, -0.2) is 9.18 Å². The summed E-state index contributed by atoms with van der Waals surface area (Å²) in [7, 11) is 0. The van der Waals surface area contributed by atoms with Crippen molar-refractivity contribution in [1.29, 1.82) is 0 Å². The summed E-state index contributed by atoms with van der Waals surface area (Å²) < 4.78 is 23.0. The quantitative estimate of drug-likeness (QED) is 0.795. The van der Waals surface area contributed by atoms with Crippen molar-refractivity contribution in [1.82, 2.24) is 0 Å². The minimum atomic E-state index is -0.629. The molecule has 1 heterocycles. The minimum absolute atomic E-state index is 0.0530. The van der Waals surface area contributed by atoms with E-state index in [-0.39, 0.29) is 23.2 Å². The molecule has 19 heavy (non-hydrogen) atoms. The van der Waals surface area contributed by atoms with Gasteiger partial charge in [0.2, 0.25) is 5.76 Å². The number of esters is 1. The first-order chi connectivity index (χ1) is 9.06. The van der Waals surface area contributed by atoms with Gasteiger partial charge in [0.15, 0.2) is 0 Å². The van der Waals surface area contributed by atoms with Crippen LogP contribution in [-0.2, 0) is 4.74 Å². The van der Waals surface area contributed by atoms with E-state index in [1.54, 1.807) is 18.2 Å². The maximum atomic E-state index is 12.8. The molecule has 2 aromatic rings. The maximum absolute atomic E-state index is 12.8. The zero-order valence-corrected chi connectivity index (χ0v) is 10.6. The molecule has 1 aromatic heterocycles. The van der Waals surface area contributed by atoms with Crippen LogP contribution in [0, 0.1) is 5.82 Å². The number of benzene rings is 1. The molecule has 0 atom stereocenters. The monoisotopic (exact) mass is 280 g/mol. The van der Waals surface area contributed by atoms with E-state index < -0.39 is 5.97 Å². The molecule has 5 heteroatoms. The Bertz CT molecular complexity index is 601. The van der Waals surface area contributed by atoms with Crippen molar-refractivity contribution >= 4 is 17.6 Å². The van der Waals surface area contributed by atoms with E-state index in [1.165, 1.54) is 18.2 Å². The van der Waals surface area contributed by atoms with E-state index in [1.807, 2.05) is 0 Å². The molecule has 2 rings (SSSR count). The van der Waals surface area contributed by atoms with Gasteiger partial charge in [0, 0.05) is 10.6 Å². The van der Waals surface area contributed by atoms with Crippen molar-refractivity contribution in [3.8, 4) is 11.3 Å². The molecule has 0 spiro atoms. The van der Waals surface area contributed by atoms with Crippen LogP contribution in [-0.4, -0.2) is 12.6 Å². The first kappa shape index (κ1) is 13.4. The molecule has 0 fully saturated rings. The average molecular weight is 281 g/mol. The molecular weight excluding hydrogens is 271 g/mol. The van der Waals surface area contributed by atoms with E-state index in [0.29, 0.717) is 11.3 Å². The molecule has 0 N–H and O–H groups in total. The van der Waals surface area contributed by atoms with E-state index in [4.69, 9.17) is 20.8 Å². The normalized spacial score (nSPS) is 10.2. The molecule has 0 radical (unpaired) electrons. The van der Waals surface area contributed by atoms with Crippen LogP contribution in [0.5, 0.6) is 0 Å². The van der Waals surface area contributed by atoms with Gasteiger partial charge in [-0.2, -0.15) is 0 Å². The number of hydrogen-bond donors (Lipinski definition) is 0. The van der Waals surface area contributed by atoms with Gasteiger partial charge in [0.1, 0.15) is 18.2 Å². The summed E-state index contributed by atoms with van der Waals surface area (Å²) in [5.74, 6) is -0.459. The van der Waals surface area contributed by atoms with Crippen LogP contribution in [0.25, 0.3) is 11.3 Å². The van der Waals surface area contributed by atoms with Crippen molar-refractivity contribution in [2.45, 2.75) is 0 Å². The Kier molecular flexibility index (Phi) is 4.02. The van der Waals surface area contributed by atoms with E-state index in [9.17, 15) is 9.18 Å². The van der Waals surface area contributed by atoms with E-state index in [0.717, 1.165) is 0 Å². The Labute approximate surface area is 114 Å². The Morgan fingerprint density at radius 3 is 2.58 bits per heavy atom. The SMILES string of the molecule is C=C(Cl)COC(=O)c1ccc(-c2ccc(F)cc2)o1. The van der Waals surface area contributed by atoms with Crippen LogP contribution >= 0.6 is 11.6 Å². The van der Waals surface area contributed by atoms with Gasteiger partial charge in [-0.3, -0.25) is 0 Å². The highest BCUT2D eigenvalue weighted by molar-refractivity contribution is 6.29. The molecule has 3 nitrogen and oxygen atoms in total. The highest BCUT2D eigenvalue weighted by Crippen LogP contribution is 2.22. The van der Waals surface area contributed by atoms with Crippen LogP contribution in [0.2, 0.25) is 0 Å². The van der Waals surface area contributed by atoms with Crippen LogP contribution in [0.3, 0.4) is 0 Å². The predicted octanol–water partition coefficient (Wildman–Crippen LogP) is 4.00. The number of ether oxygens (including phenoxy) is 1. The van der Waals surface area contributed by atoms with Gasteiger partial charge >= 0.3 is 5.97 Å². The highest BCUT2D eigenvalue weighted by atomic mass is 35.5. The summed E-state index contributed by atoms with van der Waals surface area (Å²) in [6, 6.07) is 8.84. The topological polar surface area (TPSA) is 39.4 Å². The predicted molar refractivity (Wildman–Crippen MR) is 69.4 cm³/mol. The molecule has 0 saturated heterocycles. The minimum Gasteiger partial charge on any atom is -0.454 e. The molecule has 0 unspecified atom stereocenters. The second-order valence-corrected chi connectivity index (χ2v) is 4.30. The van der Waals surface area contributed by atoms with Gasteiger partial charge in [-0.05, 0) is 36.4 Å². The van der Waals surface area contributed by atoms with Crippen molar-refractivity contribution in [3.05, 3.63) is 59.6 Å². The second kappa shape index (κ2) is 5.71. The average Bonchev–Trinajstić information content (AvgIpc) is 2.86. The van der Waals surface area contributed by atoms with Crippen LogP contribution in [0.1, 0.15) is 10.6 Å². The fraction of sp³-hybridized carbons (Fsp3) is 0.0714. The zero-order chi connectivity index (χ0) is 13.8. The van der Waals surface area contributed by atoms with Gasteiger partial charge in [0.25, 0.3) is 0 Å². The molecule has 0 amide bonds. The van der Waals surface area contributed by atoms with Crippen molar-refractivity contribution in [3.63, 3.8) is 0 Å². The Morgan fingerprint density at radius 2 is 1.95 bits per heavy atom. The summed E-state index contributed by atoms with van der Waals surface area (Å²) in [5, 5.41) is 0.221. The molecule has 1 aromatic carbocycles. The lowest BCUT2D eigenvalue weighted by Crippen LogP contribution is -2.04. The van der Waals surface area contributed by atoms with Gasteiger partial charge in [-0.15, -0.1) is 0 Å². The summed E-state index contributed by atoms with van der Waals surface area (Å²) >= 11 is 5.49. The lowest BCUT2D eigenvalue weighted by atomic mass is 10.2. The molecule has 0 aliphatic heterocycles. The molecule has 0 saturated carbocycles. The van der Waals surface area contributed by atoms with Crippen molar-refractivity contribution in [2.75, 3.05) is 6.61 Å². The number of hydrogen-bond acceptors (Lipinski definition) is 3. The number of halogens is 2. The smallest absolute Gasteiger partial charge is 0.374 e. The standard InChI is InChI=1S/C14H10ClFO3/c1-9(15)8-18-14(17)13-7-6-12(19-13)10-2-4-11(16)5-3-10/h2-7H,1,8H2. The molecular formula is C14H10ClFO3. The Morgan fingerprint density at radius 1 is 1.26 bits per heavy atom. The third-order valence-electron chi connectivity index (χ3n) is 2.30. The second-order valence-electron chi connectivity index (χ2n) is 3.76. The van der Waals surface area contributed by atoms with Crippen molar-refractivity contribution < 1.29 is 18.3 Å². The first-order valence-electron chi connectivity index (χ1n) is 5.42. The number of furan rings is 1. The Hall–Kier alpha value is -2.07. The molecule has 98 valence electrons. The summed E-state index contributed by atoms with van der Waals surface area (Å²) in [5.41, 5.74) is 0.669. The highest BCUT2D eigenvalue weighted by Gasteiger charge is 2.13. The zero-order valence-electron chi connectivity index (χ0n) is 9.86. The first-order valence-corrected chi connectivity index (χ1v) is 5.80. The maximum Gasteiger partial charge on any atom is 0.374 e. The molecule has 0 bridgehead atoms. The largest absolute Gasteiger partial charge is 0.454 e. The van der Waals surface area contributed by atoms with Crippen LogP contribution in [0.4, 0.5) is 4.39 Å². The van der Waals surface area contributed by atoms with Gasteiger partial charge in [0.05, 0.1) is 0 Å². The third-order valence-corrected chi connectivity index (χ3v) is 2.40. The number of carbonyl (C=O) groups is 1. The lowest BCUT2D eigenvalue weighted by molar-refractivity contribution is 0.0511. The van der Waals surface area contributed by atoms with E-state index in [2.05, 4.69) is 6.58 Å². The van der Waals surface area contributed by atoms with Gasteiger partial charge < -0.3 is 9.15 Å². The summed E-state index contributed by atoms with van der Waals surface area (Å²) in [6.07, 6.45) is 0. The van der Waals surface area contributed by atoms with Crippen LogP contribution in [0.15, 0.2) is 52.4 Å². The molecule has 0 aliphatic rings. The summed E-state index contributed by atoms with van der Waals surface area (Å²) in [6.45, 7) is 3.33. The molecule has 0 aliphatic carbocycles. The van der Waals surface area contributed by atoms with Gasteiger partial charge in [-0.1, -0.05) is 18.2 Å². The Balaban J connectivity index is 2.12. The lowest BCUT2D eigenvalue weighted by Gasteiger charge is -2.00. The summed E-state index contributed by atoms with van der Waals surface area (Å²) in [4.78, 5) is 11.6. The van der Waals surface area contributed by atoms with Crippen molar-refractivity contribution in [2.24, 2.45) is 0 Å². The fourth-order valence-electron chi connectivity index (χ4n) is 1.43. The number of rotatable bonds is 4. The fourth-order valence-corrected chi connectivity index (χ4v) is 1.49. The third kappa shape index (κ3) is 3.45.